The molecular formula is C16H14N4O2. The zero-order valence-electron chi connectivity index (χ0n) is 12.3. The molecule has 2 heterocycles. The van der Waals surface area contributed by atoms with Crippen LogP contribution < -0.4 is 0 Å². The third-order valence-electron chi connectivity index (χ3n) is 3.66. The molecular weight excluding hydrogens is 280 g/mol. The Morgan fingerprint density at radius 3 is 2.82 bits per heavy atom. The minimum atomic E-state index is -0.930. The number of benzene rings is 1. The summed E-state index contributed by atoms with van der Waals surface area (Å²) < 4.78 is 5.05. The highest BCUT2D eigenvalue weighted by Crippen LogP contribution is 2.21. The van der Waals surface area contributed by atoms with Gasteiger partial charge in [-0.15, -0.1) is 0 Å². The van der Waals surface area contributed by atoms with Crippen LogP contribution in [0.4, 0.5) is 0 Å². The Balaban J connectivity index is 1.90. The number of fused-ring (bicyclic) bond motifs is 1. The number of aromatic amines is 1. The first-order valence-electron chi connectivity index (χ1n) is 6.89. The molecule has 22 heavy (non-hydrogen) atoms. The van der Waals surface area contributed by atoms with E-state index in [9.17, 15) is 10.1 Å². The fourth-order valence-corrected chi connectivity index (χ4v) is 2.43. The minimum Gasteiger partial charge on any atom is -0.361 e. The highest BCUT2D eigenvalue weighted by atomic mass is 16.5. The van der Waals surface area contributed by atoms with Gasteiger partial charge in [-0.1, -0.05) is 17.3 Å². The molecule has 0 fully saturated rings. The van der Waals surface area contributed by atoms with Gasteiger partial charge >= 0.3 is 0 Å². The van der Waals surface area contributed by atoms with Crippen LogP contribution in [0.25, 0.3) is 11.0 Å². The van der Waals surface area contributed by atoms with Gasteiger partial charge in [0.25, 0.3) is 0 Å². The Labute approximate surface area is 126 Å². The molecule has 0 aliphatic rings. The van der Waals surface area contributed by atoms with Gasteiger partial charge in [0.1, 0.15) is 11.6 Å². The SMILES string of the molecule is Cc1noc(C)c1CC(=O)[C@H](C#N)c1nc2ccccc2[nH]1. The summed E-state index contributed by atoms with van der Waals surface area (Å²) in [7, 11) is 0. The van der Waals surface area contributed by atoms with E-state index in [4.69, 9.17) is 4.52 Å². The number of hydrogen-bond acceptors (Lipinski definition) is 5. The number of para-hydroxylation sites is 2. The Kier molecular flexibility index (Phi) is 3.47. The summed E-state index contributed by atoms with van der Waals surface area (Å²) in [6.45, 7) is 3.53. The monoisotopic (exact) mass is 294 g/mol. The van der Waals surface area contributed by atoms with E-state index >= 15 is 0 Å². The molecule has 0 unspecified atom stereocenters. The summed E-state index contributed by atoms with van der Waals surface area (Å²) in [4.78, 5) is 19.9. The summed E-state index contributed by atoms with van der Waals surface area (Å²) in [5, 5.41) is 13.2. The van der Waals surface area contributed by atoms with Gasteiger partial charge in [0.05, 0.1) is 22.8 Å². The molecule has 1 N–H and O–H groups in total. The van der Waals surface area contributed by atoms with E-state index in [0.29, 0.717) is 17.3 Å². The molecule has 1 atom stereocenters. The number of nitriles is 1. The van der Waals surface area contributed by atoms with Crippen molar-refractivity contribution >= 4 is 16.8 Å². The van der Waals surface area contributed by atoms with E-state index in [2.05, 4.69) is 15.1 Å². The number of Topliss-reactive ketones (excluding diaryl/α,β-unsaturated/α-hetero) is 1. The predicted octanol–water partition coefficient (Wildman–Crippen LogP) is 2.59. The van der Waals surface area contributed by atoms with Gasteiger partial charge in [0, 0.05) is 12.0 Å². The number of nitrogens with zero attached hydrogens (tertiary/aromatic N) is 3. The molecule has 110 valence electrons. The van der Waals surface area contributed by atoms with Crippen LogP contribution in [-0.2, 0) is 11.2 Å². The zero-order valence-corrected chi connectivity index (χ0v) is 12.3. The molecule has 0 saturated carbocycles. The molecule has 6 nitrogen and oxygen atoms in total. The van der Waals surface area contributed by atoms with E-state index in [1.165, 1.54) is 0 Å². The molecule has 6 heteroatoms. The summed E-state index contributed by atoms with van der Waals surface area (Å²) in [6.07, 6.45) is 0.108. The molecule has 1 aromatic carbocycles. The highest BCUT2D eigenvalue weighted by molar-refractivity contribution is 5.90. The van der Waals surface area contributed by atoms with Crippen molar-refractivity contribution in [3.63, 3.8) is 0 Å². The standard InChI is InChI=1S/C16H14N4O2/c1-9-11(10(2)22-20-9)7-15(21)12(8-17)16-18-13-5-3-4-6-14(13)19-16/h3-6,12H,7H2,1-2H3,(H,18,19)/t12-/m0/s1. The van der Waals surface area contributed by atoms with Gasteiger partial charge in [0.2, 0.25) is 0 Å². The second-order valence-corrected chi connectivity index (χ2v) is 5.15. The van der Waals surface area contributed by atoms with Crippen LogP contribution >= 0.6 is 0 Å². The molecule has 3 aromatic rings. The first-order chi connectivity index (χ1) is 10.6. The summed E-state index contributed by atoms with van der Waals surface area (Å²) in [5.74, 6) is -0.176. The largest absolute Gasteiger partial charge is 0.361 e. The topological polar surface area (TPSA) is 95.6 Å². The van der Waals surface area contributed by atoms with E-state index in [1.807, 2.05) is 30.3 Å². The van der Waals surface area contributed by atoms with Crippen LogP contribution in [0.5, 0.6) is 0 Å². The van der Waals surface area contributed by atoms with E-state index in [-0.39, 0.29) is 12.2 Å². The van der Waals surface area contributed by atoms with Crippen molar-refractivity contribution in [2.45, 2.75) is 26.2 Å². The lowest BCUT2D eigenvalue weighted by molar-refractivity contribution is -0.118. The van der Waals surface area contributed by atoms with Gasteiger partial charge < -0.3 is 9.51 Å². The van der Waals surface area contributed by atoms with Crippen LogP contribution in [-0.4, -0.2) is 20.9 Å². The number of aryl methyl sites for hydroxylation is 2. The number of ketones is 1. The van der Waals surface area contributed by atoms with E-state index in [1.54, 1.807) is 13.8 Å². The minimum absolute atomic E-state index is 0.108. The molecule has 0 aliphatic carbocycles. The number of H-pyrrole nitrogens is 1. The molecule has 0 radical (unpaired) electrons. The van der Waals surface area contributed by atoms with E-state index in [0.717, 1.165) is 16.6 Å². The van der Waals surface area contributed by atoms with Gasteiger partial charge in [-0.2, -0.15) is 5.26 Å². The van der Waals surface area contributed by atoms with Crippen molar-refractivity contribution in [2.24, 2.45) is 0 Å². The van der Waals surface area contributed by atoms with Crippen LogP contribution in [0.1, 0.15) is 28.8 Å². The molecule has 2 aromatic heterocycles. The molecule has 0 aliphatic heterocycles. The average Bonchev–Trinajstić information content (AvgIpc) is 3.06. The fourth-order valence-electron chi connectivity index (χ4n) is 2.43. The number of rotatable bonds is 4. The third kappa shape index (κ3) is 2.37. The lowest BCUT2D eigenvalue weighted by Gasteiger charge is -2.05. The number of imidazole rings is 1. The zero-order chi connectivity index (χ0) is 15.7. The van der Waals surface area contributed by atoms with Crippen LogP contribution in [0.2, 0.25) is 0 Å². The Hall–Kier alpha value is -2.94. The maximum absolute atomic E-state index is 12.5. The number of carbonyl (C=O) groups is 1. The van der Waals surface area contributed by atoms with Crippen molar-refractivity contribution < 1.29 is 9.32 Å². The van der Waals surface area contributed by atoms with Crippen LogP contribution in [0, 0.1) is 25.2 Å². The number of hydrogen-bond donors (Lipinski definition) is 1. The Bertz CT molecular complexity index is 833. The molecule has 0 spiro atoms. The second kappa shape index (κ2) is 5.45. The fraction of sp³-hybridized carbons (Fsp3) is 0.250. The lowest BCUT2D eigenvalue weighted by Crippen LogP contribution is -2.15. The normalized spacial score (nSPS) is 12.2. The van der Waals surface area contributed by atoms with Crippen molar-refractivity contribution in [3.8, 4) is 6.07 Å². The van der Waals surface area contributed by atoms with Gasteiger partial charge in [0.15, 0.2) is 11.7 Å². The number of aromatic nitrogens is 3. The van der Waals surface area contributed by atoms with Gasteiger partial charge in [-0.05, 0) is 26.0 Å². The first-order valence-corrected chi connectivity index (χ1v) is 6.89. The van der Waals surface area contributed by atoms with Crippen LogP contribution in [0.3, 0.4) is 0 Å². The van der Waals surface area contributed by atoms with E-state index < -0.39 is 5.92 Å². The van der Waals surface area contributed by atoms with Crippen LogP contribution in [0.15, 0.2) is 28.8 Å². The van der Waals surface area contributed by atoms with Crippen molar-refractivity contribution in [1.29, 1.82) is 5.26 Å². The molecule has 3 rings (SSSR count). The van der Waals surface area contributed by atoms with Crippen molar-refractivity contribution in [3.05, 3.63) is 47.1 Å². The van der Waals surface area contributed by atoms with Gasteiger partial charge in [-0.25, -0.2) is 4.98 Å². The maximum Gasteiger partial charge on any atom is 0.162 e. The number of nitrogens with one attached hydrogen (secondary N) is 1. The molecule has 0 amide bonds. The quantitative estimate of drug-likeness (QED) is 0.797. The lowest BCUT2D eigenvalue weighted by atomic mass is 9.97. The van der Waals surface area contributed by atoms with Crippen molar-refractivity contribution in [1.82, 2.24) is 15.1 Å². The van der Waals surface area contributed by atoms with Gasteiger partial charge in [-0.3, -0.25) is 4.79 Å². The predicted molar refractivity (Wildman–Crippen MR) is 79.1 cm³/mol. The first kappa shape index (κ1) is 14.0. The third-order valence-corrected chi connectivity index (χ3v) is 3.66. The molecule has 0 saturated heterocycles. The molecule has 0 bridgehead atoms. The summed E-state index contributed by atoms with van der Waals surface area (Å²) >= 11 is 0. The Morgan fingerprint density at radius 1 is 1.41 bits per heavy atom. The Morgan fingerprint density at radius 2 is 2.18 bits per heavy atom. The summed E-state index contributed by atoms with van der Waals surface area (Å²) in [5.41, 5.74) is 2.96. The van der Waals surface area contributed by atoms with Crippen molar-refractivity contribution in [2.75, 3.05) is 0 Å². The average molecular weight is 294 g/mol. The number of carbonyl (C=O) groups excluding carboxylic acids is 1. The highest BCUT2D eigenvalue weighted by Gasteiger charge is 2.25. The maximum atomic E-state index is 12.5. The summed E-state index contributed by atoms with van der Waals surface area (Å²) in [6, 6.07) is 9.47. The second-order valence-electron chi connectivity index (χ2n) is 5.15. The smallest absolute Gasteiger partial charge is 0.162 e.